The van der Waals surface area contributed by atoms with Gasteiger partial charge in [-0.1, -0.05) is 155 Å². The molecule has 7 N–H and O–H groups in total. The standard InChI is InChI=1S/C55H101N7O9/c1-3-5-7-9-11-13-15-17-19-21-25-36-49(63)61-43-31-34-47(61)54(69)58-42-30-27-33-45(52(67)56-40-28-23-24-29-41-57-53(68)46(60-71)38-39-51(65)66)59-55(70)48-35-32-44-62(48)50(64)37-26-22-20-18-16-14-12-10-8-6-4-2/h45-48,60,71H,3-44H2,1-2H3,(H,56,67)(H,57,68)(H,58,69)(H,59,70)(H,65,66). The number of carboxylic acid groups (broad SMARTS) is 1. The Hall–Kier alpha value is -3.79. The molecule has 2 saturated heterocycles. The van der Waals surface area contributed by atoms with E-state index >= 15 is 0 Å². The van der Waals surface area contributed by atoms with Gasteiger partial charge in [-0.15, -0.1) is 0 Å². The van der Waals surface area contributed by atoms with Gasteiger partial charge in [-0.05, 0) is 77.0 Å². The van der Waals surface area contributed by atoms with E-state index in [1.165, 1.54) is 103 Å². The first-order valence-electron chi connectivity index (χ1n) is 28.9. The maximum absolute atomic E-state index is 13.8. The summed E-state index contributed by atoms with van der Waals surface area (Å²) in [5, 5.41) is 29.8. The molecule has 0 aromatic rings. The second kappa shape index (κ2) is 41.7. The number of carboxylic acids is 1. The fourth-order valence-corrected chi connectivity index (χ4v) is 9.98. The Morgan fingerprint density at radius 3 is 1.27 bits per heavy atom. The Bertz CT molecular complexity index is 1490. The fraction of sp³-hybridized carbons (Fsp3) is 0.873. The van der Waals surface area contributed by atoms with Crippen LogP contribution in [0.5, 0.6) is 0 Å². The average Bonchev–Trinajstić information content (AvgIpc) is 4.07. The minimum Gasteiger partial charge on any atom is -0.481 e. The van der Waals surface area contributed by atoms with Gasteiger partial charge < -0.3 is 41.4 Å². The smallest absolute Gasteiger partial charge is 0.303 e. The zero-order chi connectivity index (χ0) is 51.7. The predicted octanol–water partition coefficient (Wildman–Crippen LogP) is 9.15. The molecule has 6 amide bonds. The first kappa shape index (κ1) is 63.3. The van der Waals surface area contributed by atoms with Gasteiger partial charge in [0.1, 0.15) is 24.2 Å². The van der Waals surface area contributed by atoms with Crippen LogP contribution in [-0.4, -0.2) is 118 Å². The highest BCUT2D eigenvalue weighted by molar-refractivity contribution is 5.92. The van der Waals surface area contributed by atoms with E-state index in [-0.39, 0.29) is 42.4 Å². The summed E-state index contributed by atoms with van der Waals surface area (Å²) >= 11 is 0. The minimum atomic E-state index is -1.05. The van der Waals surface area contributed by atoms with Gasteiger partial charge in [0, 0.05) is 52.0 Å². The van der Waals surface area contributed by atoms with Crippen LogP contribution >= 0.6 is 0 Å². The third kappa shape index (κ3) is 29.5. The maximum Gasteiger partial charge on any atom is 0.303 e. The molecular weight excluding hydrogens is 903 g/mol. The SMILES string of the molecule is CCCCCCCCCCCCCC(=O)N1CCCC1C(=O)NCCCCC(NC(=O)C1CCCN1C(=O)CCCCCCCCCCCCC)C(=O)NCCCCCCNC(=O)C(CCC(=O)O)NO. The zero-order valence-electron chi connectivity index (χ0n) is 44.7. The number of amides is 6. The lowest BCUT2D eigenvalue weighted by Gasteiger charge is -2.26. The van der Waals surface area contributed by atoms with Crippen molar-refractivity contribution in [3.8, 4) is 0 Å². The van der Waals surface area contributed by atoms with Crippen molar-refractivity contribution < 1.29 is 43.9 Å². The van der Waals surface area contributed by atoms with Gasteiger partial charge in [0.25, 0.3) is 0 Å². The molecule has 0 aliphatic carbocycles. The Morgan fingerprint density at radius 1 is 0.451 bits per heavy atom. The summed E-state index contributed by atoms with van der Waals surface area (Å²) in [6.45, 7) is 6.76. The van der Waals surface area contributed by atoms with Crippen LogP contribution in [0.4, 0.5) is 0 Å². The van der Waals surface area contributed by atoms with Gasteiger partial charge in [0.05, 0.1) is 0 Å². The van der Waals surface area contributed by atoms with E-state index in [0.29, 0.717) is 90.5 Å². The molecule has 2 heterocycles. The van der Waals surface area contributed by atoms with Crippen LogP contribution in [0.2, 0.25) is 0 Å². The van der Waals surface area contributed by atoms with Gasteiger partial charge >= 0.3 is 5.97 Å². The van der Waals surface area contributed by atoms with E-state index in [0.717, 1.165) is 64.2 Å². The van der Waals surface area contributed by atoms with Crippen molar-refractivity contribution in [3.63, 3.8) is 0 Å². The molecule has 410 valence electrons. The summed E-state index contributed by atoms with van der Waals surface area (Å²) in [6, 6.07) is -2.88. The number of hydroxylamine groups is 1. The van der Waals surface area contributed by atoms with Crippen LogP contribution in [-0.2, 0) is 33.6 Å². The van der Waals surface area contributed by atoms with E-state index in [1.807, 2.05) is 5.48 Å². The summed E-state index contributed by atoms with van der Waals surface area (Å²) in [6.07, 6.45) is 34.3. The highest BCUT2D eigenvalue weighted by Crippen LogP contribution is 2.22. The molecule has 16 heteroatoms. The number of nitrogens with zero attached hydrogens (tertiary/aromatic N) is 2. The highest BCUT2D eigenvalue weighted by Gasteiger charge is 2.36. The van der Waals surface area contributed by atoms with Crippen LogP contribution in [0, 0.1) is 0 Å². The molecule has 2 aliphatic heterocycles. The number of carbonyl (C=O) groups excluding carboxylic acids is 6. The molecule has 71 heavy (non-hydrogen) atoms. The summed E-state index contributed by atoms with van der Waals surface area (Å²) in [5.41, 5.74) is 1.87. The number of unbranched alkanes of at least 4 members (excludes halogenated alkanes) is 24. The Labute approximate surface area is 428 Å². The van der Waals surface area contributed by atoms with Crippen molar-refractivity contribution in [1.29, 1.82) is 0 Å². The topological polar surface area (TPSA) is 227 Å². The van der Waals surface area contributed by atoms with Crippen molar-refractivity contribution >= 4 is 41.4 Å². The fourth-order valence-electron chi connectivity index (χ4n) is 9.98. The first-order chi connectivity index (χ1) is 34.5. The Kier molecular flexibility index (Phi) is 37.2. The maximum atomic E-state index is 13.8. The number of hydrogen-bond acceptors (Lipinski definition) is 9. The number of rotatable bonds is 45. The van der Waals surface area contributed by atoms with Gasteiger partial charge in [-0.25, -0.2) is 0 Å². The van der Waals surface area contributed by atoms with E-state index < -0.39 is 36.0 Å². The lowest BCUT2D eigenvalue weighted by molar-refractivity contribution is -0.139. The van der Waals surface area contributed by atoms with Crippen molar-refractivity contribution in [3.05, 3.63) is 0 Å². The summed E-state index contributed by atoms with van der Waals surface area (Å²) in [4.78, 5) is 93.9. The Morgan fingerprint density at radius 2 is 0.831 bits per heavy atom. The summed E-state index contributed by atoms with van der Waals surface area (Å²) in [7, 11) is 0. The van der Waals surface area contributed by atoms with Crippen LogP contribution < -0.4 is 26.7 Å². The largest absolute Gasteiger partial charge is 0.481 e. The highest BCUT2D eigenvalue weighted by atomic mass is 16.5. The van der Waals surface area contributed by atoms with Crippen LogP contribution in [0.25, 0.3) is 0 Å². The first-order valence-corrected chi connectivity index (χ1v) is 28.9. The third-order valence-corrected chi connectivity index (χ3v) is 14.4. The van der Waals surface area contributed by atoms with Gasteiger partial charge in [-0.2, -0.15) is 5.48 Å². The molecule has 16 nitrogen and oxygen atoms in total. The average molecular weight is 1000 g/mol. The van der Waals surface area contributed by atoms with Crippen molar-refractivity contribution in [1.82, 2.24) is 36.5 Å². The lowest BCUT2D eigenvalue weighted by Crippen LogP contribution is -2.53. The molecule has 0 aromatic carbocycles. The Balaban J connectivity index is 1.83. The number of carbonyl (C=O) groups is 7. The molecule has 4 atom stereocenters. The number of hydrogen-bond donors (Lipinski definition) is 7. The molecule has 0 bridgehead atoms. The van der Waals surface area contributed by atoms with E-state index in [9.17, 15) is 38.8 Å². The van der Waals surface area contributed by atoms with E-state index in [2.05, 4.69) is 35.1 Å². The van der Waals surface area contributed by atoms with Crippen LogP contribution in [0.3, 0.4) is 0 Å². The monoisotopic (exact) mass is 1000 g/mol. The molecule has 0 radical (unpaired) electrons. The molecule has 0 spiro atoms. The van der Waals surface area contributed by atoms with Gasteiger partial charge in [0.15, 0.2) is 0 Å². The molecule has 0 saturated carbocycles. The molecule has 2 fully saturated rings. The van der Waals surface area contributed by atoms with E-state index in [4.69, 9.17) is 5.11 Å². The normalized spacial score (nSPS) is 16.4. The van der Waals surface area contributed by atoms with Crippen molar-refractivity contribution in [2.24, 2.45) is 0 Å². The summed E-state index contributed by atoms with van der Waals surface area (Å²) in [5.74, 6) is -2.22. The van der Waals surface area contributed by atoms with Gasteiger partial charge in [-0.3, -0.25) is 33.6 Å². The van der Waals surface area contributed by atoms with Crippen LogP contribution in [0.1, 0.15) is 251 Å². The summed E-state index contributed by atoms with van der Waals surface area (Å²) < 4.78 is 0. The quantitative estimate of drug-likeness (QED) is 0.0226. The number of nitrogens with one attached hydrogen (secondary N) is 5. The predicted molar refractivity (Wildman–Crippen MR) is 280 cm³/mol. The van der Waals surface area contributed by atoms with Crippen LogP contribution in [0.15, 0.2) is 0 Å². The van der Waals surface area contributed by atoms with Crippen molar-refractivity contribution in [2.75, 3.05) is 32.7 Å². The molecule has 4 unspecified atom stereocenters. The lowest BCUT2D eigenvalue weighted by atomic mass is 10.0. The molecule has 0 aromatic heterocycles. The zero-order valence-corrected chi connectivity index (χ0v) is 44.7. The third-order valence-electron chi connectivity index (χ3n) is 14.4. The second-order valence-corrected chi connectivity index (χ2v) is 20.5. The van der Waals surface area contributed by atoms with Gasteiger partial charge in [0.2, 0.25) is 35.4 Å². The van der Waals surface area contributed by atoms with Crippen molar-refractivity contribution in [2.45, 2.75) is 276 Å². The van der Waals surface area contributed by atoms with E-state index in [1.54, 1.807) is 9.80 Å². The number of aliphatic carboxylic acids is 1. The number of likely N-dealkylation sites (tertiary alicyclic amines) is 2. The second-order valence-electron chi connectivity index (χ2n) is 20.5. The molecule has 2 aliphatic rings. The molecular formula is C55H101N7O9. The minimum absolute atomic E-state index is 0.00503. The molecule has 2 rings (SSSR count).